The molecule has 0 radical (unpaired) electrons. The third kappa shape index (κ3) is 9.68. The van der Waals surface area contributed by atoms with Crippen molar-refractivity contribution < 1.29 is 9.90 Å². The van der Waals surface area contributed by atoms with Gasteiger partial charge in [0.05, 0.1) is 6.10 Å². The maximum absolute atomic E-state index is 12.9. The van der Waals surface area contributed by atoms with Gasteiger partial charge in [0, 0.05) is 18.0 Å². The minimum Gasteiger partial charge on any atom is -0.393 e. The second kappa shape index (κ2) is 14.9. The van der Waals surface area contributed by atoms with E-state index in [2.05, 4.69) is 39.9 Å². The first-order valence-electron chi connectivity index (χ1n) is 13.9. The lowest BCUT2D eigenvalue weighted by atomic mass is 9.65. The number of unbranched alkanes of at least 4 members (excludes halogenated alkanes) is 1. The Hall–Kier alpha value is -0.320. The number of amides is 1. The zero-order valence-electron chi connectivity index (χ0n) is 22.3. The molecule has 3 atom stereocenters. The van der Waals surface area contributed by atoms with Crippen LogP contribution in [0.15, 0.2) is 0 Å². The summed E-state index contributed by atoms with van der Waals surface area (Å²) in [6, 6.07) is 0. The van der Waals surface area contributed by atoms with Crippen molar-refractivity contribution in [2.24, 2.45) is 41.2 Å². The number of aliphatic hydroxyl groups is 1. The Morgan fingerprint density at radius 3 is 2.12 bits per heavy atom. The van der Waals surface area contributed by atoms with Crippen LogP contribution in [0.1, 0.15) is 118 Å². The lowest BCUT2D eigenvalue weighted by Gasteiger charge is -2.43. The molecular formula is C28H55ClN2O2. The monoisotopic (exact) mass is 486 g/mol. The minimum absolute atomic E-state index is 0. The Kier molecular flexibility index (Phi) is 13.9. The highest BCUT2D eigenvalue weighted by Gasteiger charge is 2.40. The maximum Gasteiger partial charge on any atom is 0.223 e. The van der Waals surface area contributed by atoms with E-state index in [0.29, 0.717) is 12.3 Å². The molecule has 2 aliphatic rings. The van der Waals surface area contributed by atoms with E-state index >= 15 is 0 Å². The van der Waals surface area contributed by atoms with Crippen molar-refractivity contribution in [1.29, 1.82) is 0 Å². The van der Waals surface area contributed by atoms with Crippen LogP contribution in [0.3, 0.4) is 0 Å². The van der Waals surface area contributed by atoms with Gasteiger partial charge in [0.15, 0.2) is 0 Å². The van der Waals surface area contributed by atoms with Crippen LogP contribution in [-0.4, -0.2) is 29.2 Å². The number of nitrogens with two attached hydrogens (primary N) is 1. The Balaban J connectivity index is 0.00000544. The Labute approximate surface area is 211 Å². The van der Waals surface area contributed by atoms with E-state index in [1.165, 1.54) is 44.9 Å². The Bertz CT molecular complexity index is 540. The van der Waals surface area contributed by atoms with Crippen LogP contribution in [0.25, 0.3) is 0 Å². The van der Waals surface area contributed by atoms with Crippen molar-refractivity contribution in [3.8, 4) is 0 Å². The molecule has 2 fully saturated rings. The average Bonchev–Trinajstić information content (AvgIpc) is 2.76. The SMILES string of the molecule is CCCCNC(=O)C(CC(O)C(CC1(N)CCCCC1)C1CCC(C(C)C)CC1)C(C)C.Cl. The molecule has 1 amide bonds. The van der Waals surface area contributed by atoms with Gasteiger partial charge in [-0.3, -0.25) is 4.79 Å². The fourth-order valence-corrected chi connectivity index (χ4v) is 6.42. The van der Waals surface area contributed by atoms with Crippen molar-refractivity contribution >= 4 is 18.3 Å². The van der Waals surface area contributed by atoms with Gasteiger partial charge in [0.2, 0.25) is 5.91 Å². The highest BCUT2D eigenvalue weighted by Crippen LogP contribution is 2.43. The molecule has 0 spiro atoms. The topological polar surface area (TPSA) is 75.3 Å². The van der Waals surface area contributed by atoms with Crippen LogP contribution in [0, 0.1) is 35.5 Å². The van der Waals surface area contributed by atoms with Gasteiger partial charge in [0.25, 0.3) is 0 Å². The minimum atomic E-state index is -0.442. The second-order valence-electron chi connectivity index (χ2n) is 12.0. The molecule has 0 bridgehead atoms. The van der Waals surface area contributed by atoms with Gasteiger partial charge >= 0.3 is 0 Å². The van der Waals surface area contributed by atoms with Gasteiger partial charge in [-0.05, 0) is 87.4 Å². The molecule has 33 heavy (non-hydrogen) atoms. The number of carbonyl (C=O) groups excluding carboxylic acids is 1. The van der Waals surface area contributed by atoms with Gasteiger partial charge < -0.3 is 16.2 Å². The lowest BCUT2D eigenvalue weighted by Crippen LogP contribution is -2.48. The van der Waals surface area contributed by atoms with Crippen molar-refractivity contribution in [3.05, 3.63) is 0 Å². The fourth-order valence-electron chi connectivity index (χ4n) is 6.42. The van der Waals surface area contributed by atoms with Gasteiger partial charge in [0.1, 0.15) is 0 Å². The van der Waals surface area contributed by atoms with E-state index in [4.69, 9.17) is 5.73 Å². The smallest absolute Gasteiger partial charge is 0.223 e. The molecule has 0 aromatic rings. The molecule has 2 aliphatic carbocycles. The first kappa shape index (κ1) is 30.7. The number of nitrogens with one attached hydrogen (secondary N) is 1. The third-order valence-corrected chi connectivity index (χ3v) is 8.82. The molecule has 2 rings (SSSR count). The average molecular weight is 487 g/mol. The molecule has 4 N–H and O–H groups in total. The number of carbonyl (C=O) groups is 1. The summed E-state index contributed by atoms with van der Waals surface area (Å²) >= 11 is 0. The van der Waals surface area contributed by atoms with Crippen molar-refractivity contribution in [2.45, 2.75) is 130 Å². The standard InChI is InChI=1S/C28H54N2O2.ClH/c1-6-7-17-30-27(32)24(21(4)5)18-26(31)25(19-28(29)15-9-8-10-16-28)23-13-11-22(12-14-23)20(2)3;/h20-26,31H,6-19,29H2,1-5H3,(H,30,32);1H. The summed E-state index contributed by atoms with van der Waals surface area (Å²) in [7, 11) is 0. The van der Waals surface area contributed by atoms with E-state index in [0.717, 1.165) is 50.5 Å². The first-order chi connectivity index (χ1) is 15.2. The van der Waals surface area contributed by atoms with Gasteiger partial charge in [-0.25, -0.2) is 0 Å². The predicted octanol–water partition coefficient (Wildman–Crippen LogP) is 6.48. The van der Waals surface area contributed by atoms with Crippen LogP contribution >= 0.6 is 12.4 Å². The highest BCUT2D eigenvalue weighted by molar-refractivity contribution is 5.85. The largest absolute Gasteiger partial charge is 0.393 e. The number of hydrogen-bond donors (Lipinski definition) is 3. The molecule has 196 valence electrons. The third-order valence-electron chi connectivity index (χ3n) is 8.82. The predicted molar refractivity (Wildman–Crippen MR) is 143 cm³/mol. The molecule has 0 saturated heterocycles. The zero-order valence-corrected chi connectivity index (χ0v) is 23.1. The summed E-state index contributed by atoms with van der Waals surface area (Å²) in [6.45, 7) is 11.8. The highest BCUT2D eigenvalue weighted by atomic mass is 35.5. The second-order valence-corrected chi connectivity index (χ2v) is 12.0. The summed E-state index contributed by atoms with van der Waals surface area (Å²) in [5.74, 6) is 2.54. The molecule has 4 nitrogen and oxygen atoms in total. The Morgan fingerprint density at radius 2 is 1.61 bits per heavy atom. The van der Waals surface area contributed by atoms with E-state index in [1.807, 2.05) is 0 Å². The Morgan fingerprint density at radius 1 is 1.03 bits per heavy atom. The molecular weight excluding hydrogens is 432 g/mol. The summed E-state index contributed by atoms with van der Waals surface area (Å²) in [5, 5.41) is 14.7. The van der Waals surface area contributed by atoms with E-state index < -0.39 is 6.10 Å². The number of halogens is 1. The molecule has 2 saturated carbocycles. The van der Waals surface area contributed by atoms with Crippen molar-refractivity contribution in [3.63, 3.8) is 0 Å². The van der Waals surface area contributed by atoms with Gasteiger partial charge in [-0.15, -0.1) is 12.4 Å². The quantitative estimate of drug-likeness (QED) is 0.276. The van der Waals surface area contributed by atoms with E-state index in [-0.39, 0.29) is 41.6 Å². The van der Waals surface area contributed by atoms with Gasteiger partial charge in [-0.2, -0.15) is 0 Å². The molecule has 3 unspecified atom stereocenters. The number of aliphatic hydroxyl groups excluding tert-OH is 1. The van der Waals surface area contributed by atoms with Crippen molar-refractivity contribution in [2.75, 3.05) is 6.54 Å². The van der Waals surface area contributed by atoms with Crippen molar-refractivity contribution in [1.82, 2.24) is 5.32 Å². The summed E-state index contributed by atoms with van der Waals surface area (Å²) < 4.78 is 0. The fraction of sp³-hybridized carbons (Fsp3) is 0.964. The number of hydrogen-bond acceptors (Lipinski definition) is 3. The molecule has 0 aromatic heterocycles. The lowest BCUT2D eigenvalue weighted by molar-refractivity contribution is -0.128. The zero-order chi connectivity index (χ0) is 23.7. The van der Waals surface area contributed by atoms with Crippen LogP contribution < -0.4 is 11.1 Å². The summed E-state index contributed by atoms with van der Waals surface area (Å²) in [4.78, 5) is 12.9. The normalized spacial score (nSPS) is 25.8. The first-order valence-corrected chi connectivity index (χ1v) is 13.9. The van der Waals surface area contributed by atoms with E-state index in [9.17, 15) is 9.90 Å². The van der Waals surface area contributed by atoms with Crippen LogP contribution in [0.5, 0.6) is 0 Å². The summed E-state index contributed by atoms with van der Waals surface area (Å²) in [6.07, 6.45) is 14.0. The maximum atomic E-state index is 12.9. The molecule has 0 aliphatic heterocycles. The number of rotatable bonds is 12. The van der Waals surface area contributed by atoms with Crippen LogP contribution in [0.4, 0.5) is 0 Å². The molecule has 0 heterocycles. The van der Waals surface area contributed by atoms with E-state index in [1.54, 1.807) is 0 Å². The van der Waals surface area contributed by atoms with Crippen LogP contribution in [0.2, 0.25) is 0 Å². The van der Waals surface area contributed by atoms with Crippen LogP contribution in [-0.2, 0) is 4.79 Å². The van der Waals surface area contributed by atoms with Gasteiger partial charge in [-0.1, -0.05) is 60.3 Å². The molecule has 5 heteroatoms. The molecule has 0 aromatic carbocycles. The summed E-state index contributed by atoms with van der Waals surface area (Å²) in [5.41, 5.74) is 6.79.